The summed E-state index contributed by atoms with van der Waals surface area (Å²) in [5.41, 5.74) is 3.88. The fraction of sp³-hybridized carbons (Fsp3) is 0.450. The number of hydrogen-bond acceptors (Lipinski definition) is 3. The molecule has 1 aromatic rings. The van der Waals surface area contributed by atoms with E-state index in [1.165, 1.54) is 16.7 Å². The van der Waals surface area contributed by atoms with Crippen molar-refractivity contribution in [2.45, 2.75) is 39.3 Å². The van der Waals surface area contributed by atoms with Gasteiger partial charge in [0.2, 0.25) is 0 Å². The highest BCUT2D eigenvalue weighted by Gasteiger charge is 2.27. The molecule has 2 bridgehead atoms. The standard InChI is InChI=1S/C20H26N2O/c1-4-23-11-10-22-16(3)21-19-9-8-18(13-20(22)14-19)17-7-5-6-15(2)12-17/h5-9,12-13,19-20H,4,10-11,14H2,1-3H3. The Bertz CT molecular complexity index is 645. The Hall–Kier alpha value is -1.87. The smallest absolute Gasteiger partial charge is 0.0970 e. The number of aliphatic imine (C=N–C) groups is 1. The summed E-state index contributed by atoms with van der Waals surface area (Å²) in [4.78, 5) is 7.22. The summed E-state index contributed by atoms with van der Waals surface area (Å²) >= 11 is 0. The van der Waals surface area contributed by atoms with Gasteiger partial charge in [-0.2, -0.15) is 0 Å². The van der Waals surface area contributed by atoms with E-state index in [2.05, 4.69) is 61.2 Å². The second kappa shape index (κ2) is 7.14. The van der Waals surface area contributed by atoms with Crippen LogP contribution in [0.25, 0.3) is 5.57 Å². The fourth-order valence-corrected chi connectivity index (χ4v) is 3.39. The predicted molar refractivity (Wildman–Crippen MR) is 96.8 cm³/mol. The Kier molecular flexibility index (Phi) is 4.97. The number of amidine groups is 1. The van der Waals surface area contributed by atoms with Gasteiger partial charge >= 0.3 is 0 Å². The number of rotatable bonds is 5. The van der Waals surface area contributed by atoms with Crippen LogP contribution in [0.3, 0.4) is 0 Å². The summed E-state index contributed by atoms with van der Waals surface area (Å²) in [5.74, 6) is 1.12. The minimum absolute atomic E-state index is 0.293. The lowest BCUT2D eigenvalue weighted by Gasteiger charge is -2.36. The van der Waals surface area contributed by atoms with Crippen LogP contribution in [-0.2, 0) is 4.74 Å². The molecule has 0 saturated carbocycles. The van der Waals surface area contributed by atoms with Crippen LogP contribution in [0.5, 0.6) is 0 Å². The Labute approximate surface area is 139 Å². The van der Waals surface area contributed by atoms with Crippen molar-refractivity contribution in [1.29, 1.82) is 0 Å². The first-order valence-corrected chi connectivity index (χ1v) is 8.53. The lowest BCUT2D eigenvalue weighted by atomic mass is 10.00. The van der Waals surface area contributed by atoms with E-state index in [0.717, 1.165) is 32.0 Å². The Balaban J connectivity index is 1.87. The molecule has 0 spiro atoms. The maximum atomic E-state index is 5.55. The summed E-state index contributed by atoms with van der Waals surface area (Å²) < 4.78 is 5.55. The van der Waals surface area contributed by atoms with Gasteiger partial charge in [0, 0.05) is 13.2 Å². The van der Waals surface area contributed by atoms with Crippen molar-refractivity contribution in [3.05, 3.63) is 53.6 Å². The van der Waals surface area contributed by atoms with Gasteiger partial charge in [0.15, 0.2) is 0 Å². The van der Waals surface area contributed by atoms with Crippen molar-refractivity contribution in [3.63, 3.8) is 0 Å². The van der Waals surface area contributed by atoms with Gasteiger partial charge in [0.05, 0.1) is 24.5 Å². The fourth-order valence-electron chi connectivity index (χ4n) is 3.39. The molecule has 3 heteroatoms. The number of benzene rings is 1. The van der Waals surface area contributed by atoms with Gasteiger partial charge in [-0.15, -0.1) is 0 Å². The van der Waals surface area contributed by atoms with Crippen LogP contribution >= 0.6 is 0 Å². The number of aryl methyl sites for hydroxylation is 1. The molecule has 3 rings (SSSR count). The van der Waals surface area contributed by atoms with Crippen molar-refractivity contribution in [1.82, 2.24) is 4.90 Å². The van der Waals surface area contributed by atoms with E-state index >= 15 is 0 Å². The van der Waals surface area contributed by atoms with Crippen LogP contribution in [0.4, 0.5) is 0 Å². The van der Waals surface area contributed by atoms with Crippen LogP contribution in [0.15, 0.2) is 47.5 Å². The van der Waals surface area contributed by atoms with Gasteiger partial charge in [0.25, 0.3) is 0 Å². The molecule has 23 heavy (non-hydrogen) atoms. The van der Waals surface area contributed by atoms with E-state index < -0.39 is 0 Å². The summed E-state index contributed by atoms with van der Waals surface area (Å²) in [6.45, 7) is 8.72. The van der Waals surface area contributed by atoms with Gasteiger partial charge < -0.3 is 9.64 Å². The summed E-state index contributed by atoms with van der Waals surface area (Å²) in [6, 6.07) is 9.40. The predicted octanol–water partition coefficient (Wildman–Crippen LogP) is 3.85. The normalized spacial score (nSPS) is 23.3. The van der Waals surface area contributed by atoms with Crippen molar-refractivity contribution in [2.75, 3.05) is 19.8 Å². The van der Waals surface area contributed by atoms with Gasteiger partial charge in [-0.1, -0.05) is 48.1 Å². The van der Waals surface area contributed by atoms with Crippen molar-refractivity contribution >= 4 is 11.4 Å². The molecule has 0 aromatic heterocycles. The summed E-state index contributed by atoms with van der Waals surface area (Å²) in [6.07, 6.45) is 7.94. The number of nitrogens with zero attached hydrogens (tertiary/aromatic N) is 2. The monoisotopic (exact) mass is 310 g/mol. The topological polar surface area (TPSA) is 24.8 Å². The van der Waals surface area contributed by atoms with Crippen molar-refractivity contribution < 1.29 is 4.74 Å². The Morgan fingerprint density at radius 1 is 1.30 bits per heavy atom. The highest BCUT2D eigenvalue weighted by atomic mass is 16.5. The van der Waals surface area contributed by atoms with E-state index in [-0.39, 0.29) is 0 Å². The summed E-state index contributed by atoms with van der Waals surface area (Å²) in [7, 11) is 0. The van der Waals surface area contributed by atoms with Gasteiger partial charge in [-0.05, 0) is 38.3 Å². The van der Waals surface area contributed by atoms with Crippen LogP contribution in [0, 0.1) is 6.92 Å². The van der Waals surface area contributed by atoms with Crippen molar-refractivity contribution in [2.24, 2.45) is 4.99 Å². The maximum absolute atomic E-state index is 5.55. The molecule has 122 valence electrons. The van der Waals surface area contributed by atoms with E-state index in [9.17, 15) is 0 Å². The second-order valence-electron chi connectivity index (χ2n) is 6.29. The molecule has 0 radical (unpaired) electrons. The lowest BCUT2D eigenvalue weighted by molar-refractivity contribution is 0.124. The zero-order valence-electron chi connectivity index (χ0n) is 14.3. The average molecular weight is 310 g/mol. The van der Waals surface area contributed by atoms with E-state index in [0.29, 0.717) is 12.1 Å². The molecule has 1 aliphatic heterocycles. The molecule has 2 unspecified atom stereocenters. The molecule has 2 aliphatic rings. The molecule has 1 aliphatic carbocycles. The first kappa shape index (κ1) is 16.0. The quantitative estimate of drug-likeness (QED) is 0.772. The number of fused-ring (bicyclic) bond motifs is 2. The van der Waals surface area contributed by atoms with Crippen molar-refractivity contribution in [3.8, 4) is 0 Å². The highest BCUT2D eigenvalue weighted by molar-refractivity contribution is 5.83. The Morgan fingerprint density at radius 3 is 2.96 bits per heavy atom. The molecule has 3 nitrogen and oxygen atoms in total. The third-order valence-corrected chi connectivity index (χ3v) is 4.55. The molecule has 0 fully saturated rings. The molecule has 0 saturated heterocycles. The zero-order chi connectivity index (χ0) is 16.2. The van der Waals surface area contributed by atoms with Gasteiger partial charge in [-0.25, -0.2) is 0 Å². The maximum Gasteiger partial charge on any atom is 0.0970 e. The Morgan fingerprint density at radius 2 is 2.17 bits per heavy atom. The number of allylic oxidation sites excluding steroid dienone is 2. The van der Waals surface area contributed by atoms with Crippen LogP contribution < -0.4 is 0 Å². The molecule has 0 N–H and O–H groups in total. The molecule has 2 atom stereocenters. The highest BCUT2D eigenvalue weighted by Crippen LogP contribution is 2.28. The third-order valence-electron chi connectivity index (χ3n) is 4.55. The number of ether oxygens (including phenoxy) is 1. The molecule has 0 amide bonds. The van der Waals surface area contributed by atoms with Gasteiger partial charge in [-0.3, -0.25) is 4.99 Å². The minimum atomic E-state index is 0.293. The SMILES string of the molecule is CCOCCN1C(C)=NC2C=CC(c3cccc(C)c3)=CC1C2. The van der Waals surface area contributed by atoms with Gasteiger partial charge in [0.1, 0.15) is 0 Å². The molecule has 1 heterocycles. The van der Waals surface area contributed by atoms with E-state index in [1.54, 1.807) is 0 Å². The minimum Gasteiger partial charge on any atom is -0.380 e. The largest absolute Gasteiger partial charge is 0.380 e. The average Bonchev–Trinajstić information content (AvgIpc) is 2.70. The van der Waals surface area contributed by atoms with Crippen LogP contribution in [-0.4, -0.2) is 42.6 Å². The van der Waals surface area contributed by atoms with Crippen LogP contribution in [0.2, 0.25) is 0 Å². The molecular formula is C20H26N2O. The number of hydrogen-bond donors (Lipinski definition) is 0. The van der Waals surface area contributed by atoms with E-state index in [1.807, 2.05) is 6.92 Å². The third kappa shape index (κ3) is 3.73. The first-order chi connectivity index (χ1) is 11.2. The second-order valence-corrected chi connectivity index (χ2v) is 6.29. The first-order valence-electron chi connectivity index (χ1n) is 8.53. The zero-order valence-corrected chi connectivity index (χ0v) is 14.3. The summed E-state index contributed by atoms with van der Waals surface area (Å²) in [5, 5.41) is 0. The molecular weight excluding hydrogens is 284 g/mol. The molecule has 1 aromatic carbocycles. The van der Waals surface area contributed by atoms with E-state index in [4.69, 9.17) is 9.73 Å². The lowest BCUT2D eigenvalue weighted by Crippen LogP contribution is -2.45. The van der Waals surface area contributed by atoms with Crippen LogP contribution in [0.1, 0.15) is 31.4 Å².